The molecule has 2 heterocycles. The van der Waals surface area contributed by atoms with Crippen LogP contribution in [0.15, 0.2) is 42.5 Å². The third-order valence-corrected chi connectivity index (χ3v) is 5.14. The molecule has 2 aromatic carbocycles. The standard InChI is InChI=1S/C19H16N2/c1-11-12(2)21-16-10-6-9-14-13-7-4-5-8-15(13)18(17(14)16)19(21)20(11)3/h4-10H,1-3H3. The molecule has 21 heavy (non-hydrogen) atoms. The lowest BCUT2D eigenvalue weighted by atomic mass is 10.0. The van der Waals surface area contributed by atoms with Crippen LogP contribution in [0, 0.1) is 13.8 Å². The molecule has 0 fully saturated rings. The zero-order valence-electron chi connectivity index (χ0n) is 12.4. The number of aryl methyl sites for hydroxylation is 2. The number of rotatable bonds is 0. The highest BCUT2D eigenvalue weighted by atomic mass is 15.1. The van der Waals surface area contributed by atoms with Gasteiger partial charge in [-0.25, -0.2) is 0 Å². The predicted molar refractivity (Wildman–Crippen MR) is 87.8 cm³/mol. The van der Waals surface area contributed by atoms with E-state index in [2.05, 4.69) is 72.3 Å². The van der Waals surface area contributed by atoms with Gasteiger partial charge in [0.2, 0.25) is 0 Å². The van der Waals surface area contributed by atoms with Gasteiger partial charge in [0.05, 0.1) is 5.52 Å². The molecule has 5 rings (SSSR count). The Morgan fingerprint density at radius 1 is 0.762 bits per heavy atom. The minimum Gasteiger partial charge on any atom is -0.332 e. The number of benzene rings is 2. The van der Waals surface area contributed by atoms with Crippen molar-refractivity contribution in [3.05, 3.63) is 53.9 Å². The lowest BCUT2D eigenvalue weighted by molar-refractivity contribution is 0.911. The van der Waals surface area contributed by atoms with Gasteiger partial charge < -0.3 is 4.57 Å². The van der Waals surface area contributed by atoms with E-state index in [1.165, 1.54) is 50.2 Å². The maximum absolute atomic E-state index is 2.42. The number of imidazole rings is 1. The molecule has 2 heteroatoms. The summed E-state index contributed by atoms with van der Waals surface area (Å²) in [5, 5.41) is 1.41. The Morgan fingerprint density at radius 2 is 1.48 bits per heavy atom. The first-order valence-electron chi connectivity index (χ1n) is 7.39. The summed E-state index contributed by atoms with van der Waals surface area (Å²) in [7, 11) is 2.17. The highest BCUT2D eigenvalue weighted by Crippen LogP contribution is 2.50. The van der Waals surface area contributed by atoms with Gasteiger partial charge in [0.25, 0.3) is 0 Å². The van der Waals surface area contributed by atoms with E-state index < -0.39 is 0 Å². The first-order chi connectivity index (χ1) is 10.2. The number of aromatic nitrogens is 2. The van der Waals surface area contributed by atoms with Gasteiger partial charge in [-0.3, -0.25) is 4.40 Å². The minimum absolute atomic E-state index is 1.32. The van der Waals surface area contributed by atoms with Crippen LogP contribution in [0.1, 0.15) is 11.4 Å². The number of hydrogen-bond acceptors (Lipinski definition) is 0. The van der Waals surface area contributed by atoms with Gasteiger partial charge in [0, 0.05) is 29.4 Å². The summed E-state index contributed by atoms with van der Waals surface area (Å²) in [6.45, 7) is 4.41. The molecule has 0 N–H and O–H groups in total. The van der Waals surface area contributed by atoms with Crippen LogP contribution >= 0.6 is 0 Å². The van der Waals surface area contributed by atoms with Crippen molar-refractivity contribution < 1.29 is 0 Å². The van der Waals surface area contributed by atoms with E-state index in [-0.39, 0.29) is 0 Å². The van der Waals surface area contributed by atoms with Gasteiger partial charge in [-0.2, -0.15) is 0 Å². The zero-order valence-corrected chi connectivity index (χ0v) is 12.4. The van der Waals surface area contributed by atoms with E-state index in [1.54, 1.807) is 0 Å². The van der Waals surface area contributed by atoms with Crippen molar-refractivity contribution in [2.45, 2.75) is 13.8 Å². The molecule has 0 unspecified atom stereocenters. The van der Waals surface area contributed by atoms with Crippen molar-refractivity contribution in [1.29, 1.82) is 0 Å². The van der Waals surface area contributed by atoms with E-state index in [1.807, 2.05) is 0 Å². The lowest BCUT2D eigenvalue weighted by Crippen LogP contribution is -1.91. The molecule has 0 aliphatic heterocycles. The molecule has 0 saturated carbocycles. The Bertz CT molecular complexity index is 1060. The van der Waals surface area contributed by atoms with E-state index in [0.29, 0.717) is 0 Å². The Balaban J connectivity index is 2.17. The maximum atomic E-state index is 2.42. The molecule has 1 aliphatic carbocycles. The summed E-state index contributed by atoms with van der Waals surface area (Å²) >= 11 is 0. The normalized spacial score (nSPS) is 12.5. The molecule has 0 saturated heterocycles. The number of fused-ring (bicyclic) bond motifs is 6. The maximum Gasteiger partial charge on any atom is 0.126 e. The van der Waals surface area contributed by atoms with Gasteiger partial charge in [-0.15, -0.1) is 0 Å². The third-order valence-electron chi connectivity index (χ3n) is 5.14. The van der Waals surface area contributed by atoms with E-state index in [9.17, 15) is 0 Å². The van der Waals surface area contributed by atoms with Gasteiger partial charge in [0.15, 0.2) is 0 Å². The first kappa shape index (κ1) is 11.2. The van der Waals surface area contributed by atoms with E-state index >= 15 is 0 Å². The van der Waals surface area contributed by atoms with Gasteiger partial charge in [-0.05, 0) is 36.6 Å². The molecule has 0 radical (unpaired) electrons. The molecule has 102 valence electrons. The number of hydrogen-bond donors (Lipinski definition) is 0. The fourth-order valence-electron chi connectivity index (χ4n) is 3.96. The van der Waals surface area contributed by atoms with E-state index in [4.69, 9.17) is 0 Å². The predicted octanol–water partition coefficient (Wildman–Crippen LogP) is 4.70. The minimum atomic E-state index is 1.32. The molecular weight excluding hydrogens is 256 g/mol. The van der Waals surface area contributed by atoms with Crippen LogP contribution in [0.25, 0.3) is 38.8 Å². The molecule has 0 bridgehead atoms. The highest BCUT2D eigenvalue weighted by molar-refractivity contribution is 6.20. The van der Waals surface area contributed by atoms with Crippen molar-refractivity contribution >= 4 is 16.6 Å². The highest BCUT2D eigenvalue weighted by Gasteiger charge is 2.28. The van der Waals surface area contributed by atoms with Crippen molar-refractivity contribution in [2.75, 3.05) is 0 Å². The van der Waals surface area contributed by atoms with Crippen LogP contribution in [0.4, 0.5) is 0 Å². The Hall–Kier alpha value is -2.48. The summed E-state index contributed by atoms with van der Waals surface area (Å²) in [4.78, 5) is 0. The molecule has 4 aromatic rings. The second-order valence-corrected chi connectivity index (χ2v) is 6.01. The summed E-state index contributed by atoms with van der Waals surface area (Å²) in [5.74, 6) is 0. The zero-order chi connectivity index (χ0) is 14.3. The van der Waals surface area contributed by atoms with Crippen molar-refractivity contribution in [3.8, 4) is 22.3 Å². The van der Waals surface area contributed by atoms with Gasteiger partial charge in [-0.1, -0.05) is 36.4 Å². The molecule has 0 atom stereocenters. The SMILES string of the molecule is Cc1c(C)n2c3cccc4c3c(c2n1C)-c1ccccc1-4. The largest absolute Gasteiger partial charge is 0.332 e. The number of nitrogens with zero attached hydrogens (tertiary/aromatic N) is 2. The first-order valence-corrected chi connectivity index (χ1v) is 7.39. The molecule has 2 aromatic heterocycles. The molecular formula is C19H16N2. The molecule has 0 amide bonds. The Labute approximate surface area is 123 Å². The van der Waals surface area contributed by atoms with Crippen LogP contribution < -0.4 is 0 Å². The topological polar surface area (TPSA) is 9.34 Å². The smallest absolute Gasteiger partial charge is 0.126 e. The van der Waals surface area contributed by atoms with Gasteiger partial charge >= 0.3 is 0 Å². The molecule has 0 spiro atoms. The molecule has 1 aliphatic rings. The summed E-state index contributed by atoms with van der Waals surface area (Å²) in [6.07, 6.45) is 0. The summed E-state index contributed by atoms with van der Waals surface area (Å²) in [5.41, 5.74) is 10.8. The van der Waals surface area contributed by atoms with Crippen molar-refractivity contribution in [2.24, 2.45) is 7.05 Å². The monoisotopic (exact) mass is 272 g/mol. The van der Waals surface area contributed by atoms with Crippen LogP contribution in [-0.2, 0) is 7.05 Å². The fraction of sp³-hybridized carbons (Fsp3) is 0.158. The van der Waals surface area contributed by atoms with Gasteiger partial charge in [0.1, 0.15) is 5.65 Å². The second kappa shape index (κ2) is 3.40. The molecule has 2 nitrogen and oxygen atoms in total. The quantitative estimate of drug-likeness (QED) is 0.387. The van der Waals surface area contributed by atoms with Crippen molar-refractivity contribution in [1.82, 2.24) is 8.97 Å². The van der Waals surface area contributed by atoms with Crippen LogP contribution in [-0.4, -0.2) is 8.97 Å². The summed E-state index contributed by atoms with van der Waals surface area (Å²) in [6, 6.07) is 15.4. The Kier molecular flexibility index (Phi) is 1.81. The van der Waals surface area contributed by atoms with Crippen LogP contribution in [0.3, 0.4) is 0 Å². The average Bonchev–Trinajstić information content (AvgIpc) is 3.10. The second-order valence-electron chi connectivity index (χ2n) is 6.01. The Morgan fingerprint density at radius 3 is 2.29 bits per heavy atom. The summed E-state index contributed by atoms with van der Waals surface area (Å²) < 4.78 is 4.75. The average molecular weight is 272 g/mol. The lowest BCUT2D eigenvalue weighted by Gasteiger charge is -2.04. The fourth-order valence-corrected chi connectivity index (χ4v) is 3.96. The third kappa shape index (κ3) is 1.08. The van der Waals surface area contributed by atoms with Crippen LogP contribution in [0.5, 0.6) is 0 Å². The van der Waals surface area contributed by atoms with Crippen LogP contribution in [0.2, 0.25) is 0 Å². The van der Waals surface area contributed by atoms with Crippen molar-refractivity contribution in [3.63, 3.8) is 0 Å². The van der Waals surface area contributed by atoms with E-state index in [0.717, 1.165) is 0 Å².